The molecule has 0 aliphatic heterocycles. The fourth-order valence-corrected chi connectivity index (χ4v) is 12.5. The van der Waals surface area contributed by atoms with Crippen molar-refractivity contribution in [3.05, 3.63) is 198 Å². The second kappa shape index (κ2) is 12.1. The minimum atomic E-state index is -0.518. The largest absolute Gasteiger partial charge is 0.134 e. The van der Waals surface area contributed by atoms with Crippen molar-refractivity contribution in [1.29, 1.82) is 0 Å². The third-order valence-electron chi connectivity index (χ3n) is 11.5. The first-order chi connectivity index (χ1) is 25.1. The minimum Gasteiger partial charge on any atom is -0.134 e. The maximum Gasteiger partial charge on any atom is 0.0733 e. The van der Waals surface area contributed by atoms with Crippen LogP contribution in [0.3, 0.4) is 0 Å². The van der Waals surface area contributed by atoms with E-state index in [9.17, 15) is 0 Å². The number of hydrogen-bond acceptors (Lipinski definition) is 4. The molecular formula is C48H38S4. The Balaban J connectivity index is 1.39. The zero-order valence-corrected chi connectivity index (χ0v) is 33.4. The van der Waals surface area contributed by atoms with Crippen molar-refractivity contribution >= 4 is 77.0 Å². The molecule has 4 heteroatoms. The molecule has 254 valence electrons. The maximum absolute atomic E-state index is 6.45. The molecule has 0 bridgehead atoms. The van der Waals surface area contributed by atoms with Crippen molar-refractivity contribution in [2.24, 2.45) is 0 Å². The van der Waals surface area contributed by atoms with Gasteiger partial charge in [0.25, 0.3) is 0 Å². The van der Waals surface area contributed by atoms with Crippen LogP contribution in [0.15, 0.2) is 132 Å². The molecule has 0 nitrogen and oxygen atoms in total. The summed E-state index contributed by atoms with van der Waals surface area (Å²) < 4.78 is 2.53. The number of hydrogen-bond donors (Lipinski definition) is 0. The molecule has 0 unspecified atom stereocenters. The van der Waals surface area contributed by atoms with Gasteiger partial charge in [0.1, 0.15) is 0 Å². The molecule has 52 heavy (non-hydrogen) atoms. The molecule has 2 aliphatic rings. The van der Waals surface area contributed by atoms with E-state index in [1.807, 2.05) is 22.7 Å². The first-order valence-corrected chi connectivity index (χ1v) is 20.3. The molecule has 2 heterocycles. The van der Waals surface area contributed by atoms with Gasteiger partial charge < -0.3 is 0 Å². The number of rotatable bonds is 4. The van der Waals surface area contributed by atoms with Gasteiger partial charge in [-0.3, -0.25) is 0 Å². The number of thiocarbonyl (C=S) groups is 2. The van der Waals surface area contributed by atoms with Crippen molar-refractivity contribution in [1.82, 2.24) is 0 Å². The summed E-state index contributed by atoms with van der Waals surface area (Å²) in [4.78, 5) is 4.34. The van der Waals surface area contributed by atoms with Gasteiger partial charge in [-0.25, -0.2) is 0 Å². The lowest BCUT2D eigenvalue weighted by Crippen LogP contribution is -2.30. The molecule has 0 atom stereocenters. The predicted molar refractivity (Wildman–Crippen MR) is 233 cm³/mol. The van der Waals surface area contributed by atoms with Gasteiger partial charge in [0.15, 0.2) is 0 Å². The molecule has 7 aromatic rings. The van der Waals surface area contributed by atoms with Crippen LogP contribution in [0, 0.1) is 27.7 Å². The second-order valence-electron chi connectivity index (χ2n) is 14.5. The molecule has 0 radical (unpaired) electrons. The van der Waals surface area contributed by atoms with Crippen LogP contribution in [-0.4, -0.2) is 9.73 Å². The highest BCUT2D eigenvalue weighted by Crippen LogP contribution is 2.61. The van der Waals surface area contributed by atoms with Crippen LogP contribution in [0.4, 0.5) is 0 Å². The monoisotopic (exact) mass is 742 g/mol. The maximum atomic E-state index is 6.45. The Morgan fingerprint density at radius 2 is 0.712 bits per heavy atom. The Bertz CT molecular complexity index is 2390. The van der Waals surface area contributed by atoms with Gasteiger partial charge in [-0.2, -0.15) is 0 Å². The summed E-state index contributed by atoms with van der Waals surface area (Å²) in [6.45, 7) is 12.9. The normalized spacial score (nSPS) is 17.5. The fraction of sp³-hybridized carbons (Fsp3) is 0.167. The molecule has 0 amide bonds. The van der Waals surface area contributed by atoms with Crippen LogP contribution in [-0.2, 0) is 10.8 Å². The van der Waals surface area contributed by atoms with Crippen LogP contribution in [0.5, 0.6) is 0 Å². The zero-order valence-electron chi connectivity index (χ0n) is 30.2. The molecule has 5 aromatic carbocycles. The summed E-state index contributed by atoms with van der Waals surface area (Å²) in [5.74, 6) is 0. The SMILES string of the molecule is C/C=C1\C(=S)c2sc3cc4c5c(sc4cc3c2C1(c1ccc(C)cc1)c1ccc(C)cc1)C(=S)/C(=C\C)C5(c1ccc(C)cc1)c1ccc(C)cc1. The first-order valence-electron chi connectivity index (χ1n) is 17.9. The molecule has 0 spiro atoms. The average molecular weight is 743 g/mol. The van der Waals surface area contributed by atoms with Crippen LogP contribution in [0.1, 0.15) is 79.2 Å². The lowest BCUT2D eigenvalue weighted by molar-refractivity contribution is 0.778. The molecule has 2 aromatic heterocycles. The Morgan fingerprint density at radius 1 is 0.442 bits per heavy atom. The van der Waals surface area contributed by atoms with Crippen LogP contribution < -0.4 is 0 Å². The van der Waals surface area contributed by atoms with Crippen molar-refractivity contribution in [2.45, 2.75) is 52.4 Å². The lowest BCUT2D eigenvalue weighted by Gasteiger charge is -2.34. The molecule has 0 N–H and O–H groups in total. The van der Waals surface area contributed by atoms with E-state index in [4.69, 9.17) is 24.4 Å². The lowest BCUT2D eigenvalue weighted by atomic mass is 9.66. The van der Waals surface area contributed by atoms with Crippen molar-refractivity contribution in [3.8, 4) is 0 Å². The topological polar surface area (TPSA) is 0 Å². The molecule has 9 rings (SSSR count). The van der Waals surface area contributed by atoms with E-state index in [1.165, 1.54) is 96.7 Å². The van der Waals surface area contributed by atoms with Crippen molar-refractivity contribution in [2.75, 3.05) is 0 Å². The van der Waals surface area contributed by atoms with Gasteiger partial charge in [-0.1, -0.05) is 156 Å². The van der Waals surface area contributed by atoms with Gasteiger partial charge in [-0.15, -0.1) is 22.7 Å². The van der Waals surface area contributed by atoms with Gasteiger partial charge in [0.05, 0.1) is 30.3 Å². The first kappa shape index (κ1) is 33.5. The van der Waals surface area contributed by atoms with Gasteiger partial charge in [0, 0.05) is 9.40 Å². The van der Waals surface area contributed by atoms with Crippen molar-refractivity contribution in [3.63, 3.8) is 0 Å². The van der Waals surface area contributed by atoms with Crippen LogP contribution in [0.25, 0.3) is 20.2 Å². The predicted octanol–water partition coefficient (Wildman–Crippen LogP) is 13.4. The van der Waals surface area contributed by atoms with E-state index in [0.29, 0.717) is 0 Å². The van der Waals surface area contributed by atoms with Crippen molar-refractivity contribution < 1.29 is 0 Å². The molecule has 2 aliphatic carbocycles. The summed E-state index contributed by atoms with van der Waals surface area (Å²) in [6.07, 6.45) is 4.51. The molecular weight excluding hydrogens is 705 g/mol. The van der Waals surface area contributed by atoms with E-state index in [2.05, 4.69) is 163 Å². The average Bonchev–Trinajstić information content (AvgIpc) is 3.84. The highest BCUT2D eigenvalue weighted by atomic mass is 32.1. The molecule has 0 fully saturated rings. The van der Waals surface area contributed by atoms with Gasteiger partial charge >= 0.3 is 0 Å². The Labute approximate surface area is 325 Å². The van der Waals surface area contributed by atoms with E-state index >= 15 is 0 Å². The Kier molecular flexibility index (Phi) is 7.81. The summed E-state index contributed by atoms with van der Waals surface area (Å²) >= 11 is 16.6. The van der Waals surface area contributed by atoms with E-state index in [1.54, 1.807) is 0 Å². The summed E-state index contributed by atoms with van der Waals surface area (Å²) in [7, 11) is 0. The minimum absolute atomic E-state index is 0.518. The second-order valence-corrected chi connectivity index (χ2v) is 17.4. The summed E-state index contributed by atoms with van der Waals surface area (Å²) in [5, 5.41) is 2.56. The summed E-state index contributed by atoms with van der Waals surface area (Å²) in [5.41, 5.74) is 14.0. The molecule has 0 saturated carbocycles. The number of thiophene rings is 2. The number of aryl methyl sites for hydroxylation is 4. The highest BCUT2D eigenvalue weighted by molar-refractivity contribution is 7.82. The Hall–Kier alpha value is -4.32. The van der Waals surface area contributed by atoms with E-state index in [-0.39, 0.29) is 0 Å². The third-order valence-corrected chi connectivity index (χ3v) is 14.9. The van der Waals surface area contributed by atoms with Crippen LogP contribution in [0.2, 0.25) is 0 Å². The number of fused-ring (bicyclic) bond motifs is 6. The Morgan fingerprint density at radius 3 is 0.962 bits per heavy atom. The van der Waals surface area contributed by atoms with Gasteiger partial charge in [-0.05, 0) is 109 Å². The van der Waals surface area contributed by atoms with E-state index in [0.717, 1.165) is 9.73 Å². The van der Waals surface area contributed by atoms with E-state index < -0.39 is 10.8 Å². The number of allylic oxidation sites excluding steroid dienone is 4. The highest BCUT2D eigenvalue weighted by Gasteiger charge is 2.53. The third kappa shape index (κ3) is 4.42. The van der Waals surface area contributed by atoms with Crippen LogP contribution >= 0.6 is 47.1 Å². The zero-order chi connectivity index (χ0) is 36.1. The number of benzene rings is 5. The summed E-state index contributed by atoms with van der Waals surface area (Å²) in [6, 6.07) is 41.4. The molecule has 0 saturated heterocycles. The standard InChI is InChI=1S/C48H38S4/c1-7-37-43(49)45-41(47(37,31-17-9-27(3)10-18-31)32-19-11-28(4)12-20-32)35-25-40-36(26-39(35)51-45)42-46(52-40)44(50)38(8-2)48(42,33-21-13-29(5)14-22-33)34-23-15-30(6)16-24-34/h7-26H,1-6H3/b37-7+,38-8+. The smallest absolute Gasteiger partial charge is 0.0733 e. The van der Waals surface area contributed by atoms with Gasteiger partial charge in [0.2, 0.25) is 0 Å². The fourth-order valence-electron chi connectivity index (χ4n) is 9.05. The quantitative estimate of drug-likeness (QED) is 0.130.